The minimum atomic E-state index is -0.0985. The lowest BCUT2D eigenvalue weighted by Crippen LogP contribution is -2.24. The van der Waals surface area contributed by atoms with Gasteiger partial charge in [-0.05, 0) is 61.4 Å². The molecule has 1 aromatic heterocycles. The van der Waals surface area contributed by atoms with Crippen molar-refractivity contribution in [1.82, 2.24) is 10.1 Å². The van der Waals surface area contributed by atoms with E-state index in [9.17, 15) is 4.79 Å². The lowest BCUT2D eigenvalue weighted by Gasteiger charge is -2.17. The molecule has 0 saturated carbocycles. The highest BCUT2D eigenvalue weighted by Crippen LogP contribution is 2.32. The first-order chi connectivity index (χ1) is 13.0. The quantitative estimate of drug-likeness (QED) is 0.703. The Balaban J connectivity index is 1.53. The number of hydrogen-bond acceptors (Lipinski definition) is 5. The summed E-state index contributed by atoms with van der Waals surface area (Å²) in [6, 6.07) is 13.5. The predicted octanol–water partition coefficient (Wildman–Crippen LogP) is 3.88. The lowest BCUT2D eigenvalue weighted by atomic mass is 10.1. The third-order valence-corrected chi connectivity index (χ3v) is 5.07. The first-order valence-electron chi connectivity index (χ1n) is 8.91. The molecule has 4 rings (SSSR count). The van der Waals surface area contributed by atoms with Gasteiger partial charge in [0.1, 0.15) is 5.75 Å². The average molecular weight is 363 g/mol. The molecule has 0 bridgehead atoms. The number of rotatable bonds is 4. The SMILES string of the molecule is COc1ccc(-c2noc([C@H]3CC(=O)N(c4ccc(C)c(C)c4)C3)n2)cc1. The number of carbonyl (C=O) groups is 1. The van der Waals surface area contributed by atoms with E-state index in [-0.39, 0.29) is 11.8 Å². The molecule has 1 aliphatic rings. The Kier molecular flexibility index (Phi) is 4.39. The Labute approximate surface area is 157 Å². The van der Waals surface area contributed by atoms with Gasteiger partial charge in [-0.3, -0.25) is 4.79 Å². The van der Waals surface area contributed by atoms with E-state index in [0.29, 0.717) is 24.7 Å². The number of amides is 1. The van der Waals surface area contributed by atoms with Gasteiger partial charge in [-0.1, -0.05) is 11.2 Å². The summed E-state index contributed by atoms with van der Waals surface area (Å²) < 4.78 is 10.6. The molecule has 2 aromatic carbocycles. The summed E-state index contributed by atoms with van der Waals surface area (Å²) in [5.41, 5.74) is 4.15. The average Bonchev–Trinajstić information content (AvgIpc) is 3.31. The van der Waals surface area contributed by atoms with E-state index in [1.165, 1.54) is 11.1 Å². The fourth-order valence-electron chi connectivity index (χ4n) is 3.27. The second-order valence-corrected chi connectivity index (χ2v) is 6.86. The van der Waals surface area contributed by atoms with Crippen LogP contribution in [0.2, 0.25) is 0 Å². The number of methoxy groups -OCH3 is 1. The van der Waals surface area contributed by atoms with E-state index in [4.69, 9.17) is 9.26 Å². The first kappa shape index (κ1) is 17.3. The molecule has 1 atom stereocenters. The van der Waals surface area contributed by atoms with Gasteiger partial charge >= 0.3 is 0 Å². The predicted molar refractivity (Wildman–Crippen MR) is 102 cm³/mol. The normalized spacial score (nSPS) is 16.8. The van der Waals surface area contributed by atoms with Gasteiger partial charge in [0.05, 0.1) is 13.0 Å². The van der Waals surface area contributed by atoms with Crippen molar-refractivity contribution < 1.29 is 14.1 Å². The van der Waals surface area contributed by atoms with E-state index >= 15 is 0 Å². The van der Waals surface area contributed by atoms with E-state index in [1.54, 1.807) is 12.0 Å². The number of aromatic nitrogens is 2. The minimum Gasteiger partial charge on any atom is -0.497 e. The van der Waals surface area contributed by atoms with Crippen LogP contribution in [0.25, 0.3) is 11.4 Å². The molecule has 1 saturated heterocycles. The van der Waals surface area contributed by atoms with Crippen molar-refractivity contribution in [2.24, 2.45) is 0 Å². The molecule has 6 heteroatoms. The van der Waals surface area contributed by atoms with Gasteiger partial charge in [-0.25, -0.2) is 0 Å². The maximum atomic E-state index is 12.5. The summed E-state index contributed by atoms with van der Waals surface area (Å²) in [4.78, 5) is 18.8. The minimum absolute atomic E-state index is 0.0763. The maximum absolute atomic E-state index is 12.5. The molecule has 3 aromatic rings. The van der Waals surface area contributed by atoms with Crippen molar-refractivity contribution in [3.8, 4) is 17.1 Å². The zero-order valence-corrected chi connectivity index (χ0v) is 15.6. The van der Waals surface area contributed by atoms with Crippen molar-refractivity contribution in [3.63, 3.8) is 0 Å². The van der Waals surface area contributed by atoms with Gasteiger partial charge in [-0.15, -0.1) is 0 Å². The van der Waals surface area contributed by atoms with Crippen LogP contribution in [0.5, 0.6) is 5.75 Å². The van der Waals surface area contributed by atoms with Crippen molar-refractivity contribution in [2.45, 2.75) is 26.2 Å². The number of aryl methyl sites for hydroxylation is 2. The van der Waals surface area contributed by atoms with Crippen LogP contribution in [-0.2, 0) is 4.79 Å². The van der Waals surface area contributed by atoms with Crippen LogP contribution in [0.4, 0.5) is 5.69 Å². The van der Waals surface area contributed by atoms with Crippen LogP contribution in [0.3, 0.4) is 0 Å². The highest BCUT2D eigenvalue weighted by molar-refractivity contribution is 5.96. The Morgan fingerprint density at radius 1 is 1.11 bits per heavy atom. The smallest absolute Gasteiger partial charge is 0.232 e. The zero-order chi connectivity index (χ0) is 19.0. The molecule has 0 unspecified atom stereocenters. The number of hydrogen-bond donors (Lipinski definition) is 0. The summed E-state index contributed by atoms with van der Waals surface area (Å²) in [5.74, 6) is 1.77. The van der Waals surface area contributed by atoms with Crippen LogP contribution in [0.15, 0.2) is 47.0 Å². The topological polar surface area (TPSA) is 68.5 Å². The molecule has 0 N–H and O–H groups in total. The Hall–Kier alpha value is -3.15. The van der Waals surface area contributed by atoms with Gasteiger partial charge < -0.3 is 14.2 Å². The van der Waals surface area contributed by atoms with Crippen LogP contribution in [0.1, 0.15) is 29.4 Å². The highest BCUT2D eigenvalue weighted by Gasteiger charge is 2.35. The molecule has 138 valence electrons. The summed E-state index contributed by atoms with van der Waals surface area (Å²) in [7, 11) is 1.62. The Morgan fingerprint density at radius 2 is 1.89 bits per heavy atom. The highest BCUT2D eigenvalue weighted by atomic mass is 16.5. The summed E-state index contributed by atoms with van der Waals surface area (Å²) in [5, 5.41) is 4.08. The van der Waals surface area contributed by atoms with Crippen LogP contribution >= 0.6 is 0 Å². The molecular weight excluding hydrogens is 342 g/mol. The number of carbonyl (C=O) groups excluding carboxylic acids is 1. The van der Waals surface area contributed by atoms with Crippen LogP contribution in [-0.4, -0.2) is 29.7 Å². The summed E-state index contributed by atoms with van der Waals surface area (Å²) in [6.07, 6.45) is 0.372. The van der Waals surface area contributed by atoms with Gasteiger partial charge in [0, 0.05) is 24.2 Å². The third kappa shape index (κ3) is 3.30. The Morgan fingerprint density at radius 3 is 2.59 bits per heavy atom. The molecular formula is C21H21N3O3. The van der Waals surface area contributed by atoms with Crippen molar-refractivity contribution >= 4 is 11.6 Å². The summed E-state index contributed by atoms with van der Waals surface area (Å²) >= 11 is 0. The molecule has 0 radical (unpaired) electrons. The number of ether oxygens (including phenoxy) is 1. The molecule has 2 heterocycles. The zero-order valence-electron chi connectivity index (χ0n) is 15.6. The van der Waals surface area contributed by atoms with E-state index in [0.717, 1.165) is 17.0 Å². The second-order valence-electron chi connectivity index (χ2n) is 6.86. The largest absolute Gasteiger partial charge is 0.497 e. The molecule has 1 aliphatic heterocycles. The molecule has 1 amide bonds. The molecule has 6 nitrogen and oxygen atoms in total. The fraction of sp³-hybridized carbons (Fsp3) is 0.286. The standard InChI is InChI=1S/C21H21N3O3/c1-13-4-7-17(10-14(13)2)24-12-16(11-19(24)25)21-22-20(23-27-21)15-5-8-18(26-3)9-6-15/h4-10,16H,11-12H2,1-3H3/t16-/m0/s1. The van der Waals surface area contributed by atoms with Crippen LogP contribution < -0.4 is 9.64 Å². The van der Waals surface area contributed by atoms with Gasteiger partial charge in [0.15, 0.2) is 0 Å². The molecule has 0 aliphatic carbocycles. The summed E-state index contributed by atoms with van der Waals surface area (Å²) in [6.45, 7) is 4.66. The van der Waals surface area contributed by atoms with E-state index in [1.807, 2.05) is 42.5 Å². The van der Waals surface area contributed by atoms with Crippen LogP contribution in [0, 0.1) is 13.8 Å². The van der Waals surface area contributed by atoms with Crippen molar-refractivity contribution in [3.05, 3.63) is 59.5 Å². The van der Waals surface area contributed by atoms with E-state index in [2.05, 4.69) is 24.0 Å². The molecule has 0 spiro atoms. The van der Waals surface area contributed by atoms with Gasteiger partial charge in [-0.2, -0.15) is 4.98 Å². The van der Waals surface area contributed by atoms with Gasteiger partial charge in [0.2, 0.25) is 17.6 Å². The first-order valence-corrected chi connectivity index (χ1v) is 8.91. The van der Waals surface area contributed by atoms with E-state index < -0.39 is 0 Å². The number of benzene rings is 2. The second kappa shape index (κ2) is 6.87. The number of nitrogens with zero attached hydrogens (tertiary/aromatic N) is 3. The van der Waals surface area contributed by atoms with Crippen molar-refractivity contribution in [1.29, 1.82) is 0 Å². The van der Waals surface area contributed by atoms with Gasteiger partial charge in [0.25, 0.3) is 0 Å². The van der Waals surface area contributed by atoms with Crippen molar-refractivity contribution in [2.75, 3.05) is 18.6 Å². The number of anilines is 1. The Bertz CT molecular complexity index is 979. The lowest BCUT2D eigenvalue weighted by molar-refractivity contribution is -0.117. The molecule has 27 heavy (non-hydrogen) atoms. The molecule has 1 fully saturated rings. The fourth-order valence-corrected chi connectivity index (χ4v) is 3.27. The monoisotopic (exact) mass is 363 g/mol. The maximum Gasteiger partial charge on any atom is 0.232 e. The third-order valence-electron chi connectivity index (χ3n) is 5.07.